The minimum atomic E-state index is -0.717. The number of carbonyl (C=O) groups is 2. The highest BCUT2D eigenvalue weighted by Gasteiger charge is 2.35. The van der Waals surface area contributed by atoms with Gasteiger partial charge in [0.25, 0.3) is 0 Å². The minimum Gasteiger partial charge on any atom is -0.319 e. The predicted octanol–water partition coefficient (Wildman–Crippen LogP) is 1.58. The Bertz CT molecular complexity index is 490. The Morgan fingerprint density at radius 3 is 2.53 bits per heavy atom. The number of rotatable bonds is 2. The number of hydrogen-bond acceptors (Lipinski definition) is 3. The van der Waals surface area contributed by atoms with E-state index in [9.17, 15) is 9.59 Å². The van der Waals surface area contributed by atoms with Crippen molar-refractivity contribution in [1.82, 2.24) is 4.90 Å². The molecule has 1 fully saturated rings. The lowest BCUT2D eigenvalue weighted by molar-refractivity contribution is -0.139. The van der Waals surface area contributed by atoms with Crippen LogP contribution in [-0.2, 0) is 16.1 Å². The number of imide groups is 1. The third kappa shape index (κ3) is 2.44. The monoisotopic (exact) mass is 272 g/mol. The number of likely N-dealkylation sites (tertiary alicyclic amines) is 1. The molecule has 6 heteroatoms. The van der Waals surface area contributed by atoms with Crippen molar-refractivity contribution < 1.29 is 9.59 Å². The summed E-state index contributed by atoms with van der Waals surface area (Å²) in [5.74, 6) is -0.602. The Morgan fingerprint density at radius 2 is 2.00 bits per heavy atom. The van der Waals surface area contributed by atoms with Crippen LogP contribution in [-0.4, -0.2) is 22.8 Å². The van der Waals surface area contributed by atoms with Gasteiger partial charge in [-0.05, 0) is 17.7 Å². The molecule has 1 aliphatic heterocycles. The van der Waals surface area contributed by atoms with Gasteiger partial charge in [0, 0.05) is 0 Å². The van der Waals surface area contributed by atoms with Gasteiger partial charge in [0.05, 0.1) is 29.1 Å². The predicted molar refractivity (Wildman–Crippen MR) is 64.6 cm³/mol. The van der Waals surface area contributed by atoms with Crippen LogP contribution >= 0.6 is 23.2 Å². The molecule has 1 heterocycles. The van der Waals surface area contributed by atoms with Gasteiger partial charge in [0.2, 0.25) is 11.8 Å². The van der Waals surface area contributed by atoms with Gasteiger partial charge in [-0.3, -0.25) is 14.5 Å². The quantitative estimate of drug-likeness (QED) is 0.832. The van der Waals surface area contributed by atoms with E-state index in [2.05, 4.69) is 0 Å². The molecule has 0 radical (unpaired) electrons. The van der Waals surface area contributed by atoms with Crippen molar-refractivity contribution in [3.8, 4) is 0 Å². The molecule has 2 N–H and O–H groups in total. The first kappa shape index (κ1) is 12.4. The van der Waals surface area contributed by atoms with E-state index in [0.29, 0.717) is 10.0 Å². The molecular formula is C11H10Cl2N2O2. The molecule has 0 aromatic heterocycles. The van der Waals surface area contributed by atoms with E-state index in [1.54, 1.807) is 18.2 Å². The highest BCUT2D eigenvalue weighted by Crippen LogP contribution is 2.24. The number of benzene rings is 1. The summed E-state index contributed by atoms with van der Waals surface area (Å²) in [5, 5.41) is 0.832. The number of carbonyl (C=O) groups excluding carboxylic acids is 2. The number of amides is 2. The first-order valence-electron chi connectivity index (χ1n) is 5.03. The molecule has 0 saturated carbocycles. The van der Waals surface area contributed by atoms with Crippen LogP contribution in [0.4, 0.5) is 0 Å². The van der Waals surface area contributed by atoms with Crippen LogP contribution in [0.3, 0.4) is 0 Å². The fourth-order valence-corrected chi connectivity index (χ4v) is 2.02. The second-order valence-electron chi connectivity index (χ2n) is 3.88. The maximum atomic E-state index is 11.6. The van der Waals surface area contributed by atoms with Crippen LogP contribution < -0.4 is 5.73 Å². The molecule has 90 valence electrons. The zero-order valence-corrected chi connectivity index (χ0v) is 10.3. The third-order valence-corrected chi connectivity index (χ3v) is 3.34. The molecule has 4 nitrogen and oxygen atoms in total. The largest absolute Gasteiger partial charge is 0.319 e. The van der Waals surface area contributed by atoms with Gasteiger partial charge in [-0.15, -0.1) is 0 Å². The zero-order chi connectivity index (χ0) is 12.6. The van der Waals surface area contributed by atoms with E-state index in [0.717, 1.165) is 10.5 Å². The van der Waals surface area contributed by atoms with Gasteiger partial charge in [0.1, 0.15) is 0 Å². The summed E-state index contributed by atoms with van der Waals surface area (Å²) < 4.78 is 0. The van der Waals surface area contributed by atoms with Crippen LogP contribution in [0.15, 0.2) is 18.2 Å². The van der Waals surface area contributed by atoms with Gasteiger partial charge in [-0.1, -0.05) is 29.3 Å². The molecule has 0 spiro atoms. The maximum absolute atomic E-state index is 11.6. The fourth-order valence-electron chi connectivity index (χ4n) is 1.70. The summed E-state index contributed by atoms with van der Waals surface area (Å²) in [4.78, 5) is 24.3. The average molecular weight is 273 g/mol. The van der Waals surface area contributed by atoms with Gasteiger partial charge in [0.15, 0.2) is 0 Å². The van der Waals surface area contributed by atoms with Crippen molar-refractivity contribution in [1.29, 1.82) is 0 Å². The molecule has 0 aliphatic carbocycles. The topological polar surface area (TPSA) is 63.4 Å². The SMILES string of the molecule is NC1CC(=O)N(Cc2ccc(Cl)c(Cl)c2)C1=O. The van der Waals surface area contributed by atoms with Crippen molar-refractivity contribution in [3.63, 3.8) is 0 Å². The second kappa shape index (κ2) is 4.64. The van der Waals surface area contributed by atoms with E-state index < -0.39 is 6.04 Å². The summed E-state index contributed by atoms with van der Waals surface area (Å²) in [6.07, 6.45) is 0.0696. The highest BCUT2D eigenvalue weighted by molar-refractivity contribution is 6.42. The van der Waals surface area contributed by atoms with Gasteiger partial charge in [-0.2, -0.15) is 0 Å². The molecule has 1 aliphatic rings. The summed E-state index contributed by atoms with van der Waals surface area (Å²) in [6.45, 7) is 0.183. The van der Waals surface area contributed by atoms with E-state index in [4.69, 9.17) is 28.9 Å². The second-order valence-corrected chi connectivity index (χ2v) is 4.69. The molecule has 1 aromatic carbocycles. The average Bonchev–Trinajstić information content (AvgIpc) is 2.50. The standard InChI is InChI=1S/C11H10Cl2N2O2/c12-7-2-1-6(3-8(7)13)5-15-10(16)4-9(14)11(15)17/h1-3,9H,4-5,14H2. The van der Waals surface area contributed by atoms with Gasteiger partial charge in [-0.25, -0.2) is 0 Å². The zero-order valence-electron chi connectivity index (χ0n) is 8.82. The molecule has 2 rings (SSSR count). The minimum absolute atomic E-state index is 0.0696. The maximum Gasteiger partial charge on any atom is 0.246 e. The van der Waals surface area contributed by atoms with Crippen molar-refractivity contribution in [2.24, 2.45) is 5.73 Å². The van der Waals surface area contributed by atoms with Gasteiger partial charge >= 0.3 is 0 Å². The van der Waals surface area contributed by atoms with E-state index >= 15 is 0 Å². The lowest BCUT2D eigenvalue weighted by Gasteiger charge is -2.14. The lowest BCUT2D eigenvalue weighted by Crippen LogP contribution is -2.34. The first-order chi connectivity index (χ1) is 7.99. The van der Waals surface area contributed by atoms with Crippen LogP contribution in [0.2, 0.25) is 10.0 Å². The Kier molecular flexibility index (Phi) is 3.38. The van der Waals surface area contributed by atoms with E-state index in [1.807, 2.05) is 0 Å². The third-order valence-electron chi connectivity index (χ3n) is 2.60. The smallest absolute Gasteiger partial charge is 0.246 e. The van der Waals surface area contributed by atoms with Crippen LogP contribution in [0.1, 0.15) is 12.0 Å². The number of nitrogens with zero attached hydrogens (tertiary/aromatic N) is 1. The molecule has 1 saturated heterocycles. The molecule has 1 aromatic rings. The molecule has 1 atom stereocenters. The summed E-state index contributed by atoms with van der Waals surface area (Å²) in [5.41, 5.74) is 6.25. The van der Waals surface area contributed by atoms with Crippen molar-refractivity contribution >= 4 is 35.0 Å². The Labute approximate surface area is 108 Å². The van der Waals surface area contributed by atoms with Gasteiger partial charge < -0.3 is 5.73 Å². The van der Waals surface area contributed by atoms with Crippen LogP contribution in [0.5, 0.6) is 0 Å². The lowest BCUT2D eigenvalue weighted by atomic mass is 10.2. The number of halogens is 2. The summed E-state index contributed by atoms with van der Waals surface area (Å²) in [7, 11) is 0. The molecule has 1 unspecified atom stereocenters. The molecule has 0 bridgehead atoms. The van der Waals surface area contributed by atoms with E-state index in [-0.39, 0.29) is 24.8 Å². The highest BCUT2D eigenvalue weighted by atomic mass is 35.5. The normalized spacial score (nSPS) is 20.2. The Morgan fingerprint density at radius 1 is 1.29 bits per heavy atom. The Balaban J connectivity index is 2.18. The van der Waals surface area contributed by atoms with Crippen LogP contribution in [0.25, 0.3) is 0 Å². The van der Waals surface area contributed by atoms with E-state index in [1.165, 1.54) is 0 Å². The first-order valence-corrected chi connectivity index (χ1v) is 5.78. The molecule has 17 heavy (non-hydrogen) atoms. The molecule has 2 amide bonds. The van der Waals surface area contributed by atoms with Crippen LogP contribution in [0, 0.1) is 0 Å². The Hall–Kier alpha value is -1.10. The van der Waals surface area contributed by atoms with Crippen molar-refractivity contribution in [2.45, 2.75) is 19.0 Å². The number of nitrogens with two attached hydrogens (primary N) is 1. The number of hydrogen-bond donors (Lipinski definition) is 1. The fraction of sp³-hybridized carbons (Fsp3) is 0.273. The molecular weight excluding hydrogens is 263 g/mol. The summed E-state index contributed by atoms with van der Waals surface area (Å²) in [6, 6.07) is 4.27. The van der Waals surface area contributed by atoms with Crippen molar-refractivity contribution in [2.75, 3.05) is 0 Å². The van der Waals surface area contributed by atoms with Crippen molar-refractivity contribution in [3.05, 3.63) is 33.8 Å². The summed E-state index contributed by atoms with van der Waals surface area (Å²) >= 11 is 11.6.